The zero-order chi connectivity index (χ0) is 18.5. The number of nitrogens with one attached hydrogen (secondary N) is 1. The van der Waals surface area contributed by atoms with E-state index >= 15 is 0 Å². The lowest BCUT2D eigenvalue weighted by Crippen LogP contribution is -2.30. The van der Waals surface area contributed by atoms with Gasteiger partial charge in [0.15, 0.2) is 11.5 Å². The summed E-state index contributed by atoms with van der Waals surface area (Å²) >= 11 is 6.09. The summed E-state index contributed by atoms with van der Waals surface area (Å²) in [6.45, 7) is 1.91. The van der Waals surface area contributed by atoms with E-state index in [1.54, 1.807) is 12.1 Å². The second-order valence-corrected chi connectivity index (χ2v) is 6.37. The average molecular weight is 375 g/mol. The highest BCUT2D eigenvalue weighted by atomic mass is 35.5. The molecule has 1 saturated heterocycles. The summed E-state index contributed by atoms with van der Waals surface area (Å²) in [5.41, 5.74) is 0.769. The number of anilines is 2. The maximum absolute atomic E-state index is 12.4. The van der Waals surface area contributed by atoms with Crippen LogP contribution in [0.2, 0.25) is 5.02 Å². The molecular formula is C18H19ClN4O3. The Kier molecular flexibility index (Phi) is 5.68. The third-order valence-electron chi connectivity index (χ3n) is 4.20. The van der Waals surface area contributed by atoms with Crippen molar-refractivity contribution in [1.82, 2.24) is 10.2 Å². The fraction of sp³-hybridized carbons (Fsp3) is 0.333. The Morgan fingerprint density at radius 3 is 2.54 bits per heavy atom. The zero-order valence-electron chi connectivity index (χ0n) is 14.4. The van der Waals surface area contributed by atoms with Gasteiger partial charge in [-0.25, -0.2) is 4.79 Å². The quantitative estimate of drug-likeness (QED) is 0.827. The molecule has 0 saturated carbocycles. The molecule has 1 aromatic heterocycles. The molecule has 136 valence electrons. The highest BCUT2D eigenvalue weighted by molar-refractivity contribution is 6.34. The van der Waals surface area contributed by atoms with Crippen LogP contribution in [0.1, 0.15) is 40.1 Å². The Morgan fingerprint density at radius 1 is 1.12 bits per heavy atom. The number of hydrogen-bond acceptors (Lipinski definition) is 6. The maximum atomic E-state index is 12.4. The molecule has 7 nitrogen and oxygen atoms in total. The van der Waals surface area contributed by atoms with Gasteiger partial charge in [-0.1, -0.05) is 11.6 Å². The Bertz CT molecular complexity index is 805. The van der Waals surface area contributed by atoms with Gasteiger partial charge in [-0.3, -0.25) is 4.79 Å². The molecule has 8 heteroatoms. The Morgan fingerprint density at radius 2 is 1.88 bits per heavy atom. The van der Waals surface area contributed by atoms with Gasteiger partial charge in [0.2, 0.25) is 0 Å². The van der Waals surface area contributed by atoms with Gasteiger partial charge in [0, 0.05) is 13.1 Å². The third-order valence-corrected chi connectivity index (χ3v) is 4.53. The topological polar surface area (TPSA) is 84.4 Å². The molecule has 0 spiro atoms. The molecule has 2 aromatic rings. The second kappa shape index (κ2) is 8.14. The normalized spacial score (nSPS) is 14.0. The third kappa shape index (κ3) is 4.11. The molecule has 2 heterocycles. The van der Waals surface area contributed by atoms with Gasteiger partial charge >= 0.3 is 5.97 Å². The molecule has 0 radical (unpaired) electrons. The van der Waals surface area contributed by atoms with E-state index in [-0.39, 0.29) is 5.69 Å². The zero-order valence-corrected chi connectivity index (χ0v) is 15.1. The summed E-state index contributed by atoms with van der Waals surface area (Å²) in [5.74, 6) is -0.193. The SMILES string of the molecule is COC(=O)c1ccc(Cl)c(NC(=O)c2ccc(N3CCCCC3)nn2)c1. The minimum absolute atomic E-state index is 0.172. The van der Waals surface area contributed by atoms with E-state index < -0.39 is 11.9 Å². The lowest BCUT2D eigenvalue weighted by molar-refractivity contribution is 0.0600. The first-order chi connectivity index (χ1) is 12.6. The van der Waals surface area contributed by atoms with Crippen molar-refractivity contribution >= 4 is 35.0 Å². The standard InChI is InChI=1S/C18H19ClN4O3/c1-26-18(25)12-5-6-13(19)15(11-12)20-17(24)14-7-8-16(22-21-14)23-9-3-2-4-10-23/h5-8,11H,2-4,9-10H2,1H3,(H,20,24). The van der Waals surface area contributed by atoms with Gasteiger partial charge in [0.1, 0.15) is 0 Å². The fourth-order valence-corrected chi connectivity index (χ4v) is 2.96. The molecule has 1 aliphatic rings. The van der Waals surface area contributed by atoms with Crippen molar-refractivity contribution in [2.75, 3.05) is 30.4 Å². The minimum atomic E-state index is -0.511. The van der Waals surface area contributed by atoms with E-state index in [0.717, 1.165) is 31.7 Å². The van der Waals surface area contributed by atoms with Crippen molar-refractivity contribution in [3.63, 3.8) is 0 Å². The number of hydrogen-bond donors (Lipinski definition) is 1. The number of amides is 1. The van der Waals surface area contributed by atoms with Gasteiger partial charge in [-0.2, -0.15) is 0 Å². The Hall–Kier alpha value is -2.67. The average Bonchev–Trinajstić information content (AvgIpc) is 2.69. The molecule has 3 rings (SSSR count). The molecule has 1 aliphatic heterocycles. The number of aromatic nitrogens is 2. The number of rotatable bonds is 4. The van der Waals surface area contributed by atoms with E-state index in [2.05, 4.69) is 25.2 Å². The smallest absolute Gasteiger partial charge is 0.337 e. The summed E-state index contributed by atoms with van der Waals surface area (Å²) in [6, 6.07) is 7.93. The van der Waals surface area contributed by atoms with Crippen LogP contribution in [0.4, 0.5) is 11.5 Å². The molecule has 26 heavy (non-hydrogen) atoms. The second-order valence-electron chi connectivity index (χ2n) is 5.96. The summed E-state index contributed by atoms with van der Waals surface area (Å²) < 4.78 is 4.67. The van der Waals surface area contributed by atoms with Crippen molar-refractivity contribution in [2.24, 2.45) is 0 Å². The maximum Gasteiger partial charge on any atom is 0.337 e. The summed E-state index contributed by atoms with van der Waals surface area (Å²) in [4.78, 5) is 26.2. The number of piperidine rings is 1. The molecule has 0 atom stereocenters. The molecule has 1 fully saturated rings. The largest absolute Gasteiger partial charge is 0.465 e. The van der Waals surface area contributed by atoms with Crippen LogP contribution in [0.25, 0.3) is 0 Å². The van der Waals surface area contributed by atoms with Gasteiger partial charge < -0.3 is 15.0 Å². The van der Waals surface area contributed by atoms with Crippen LogP contribution in [-0.4, -0.2) is 42.3 Å². The molecule has 0 bridgehead atoms. The fourth-order valence-electron chi connectivity index (χ4n) is 2.79. The van der Waals surface area contributed by atoms with Crippen LogP contribution in [0.15, 0.2) is 30.3 Å². The number of carbonyl (C=O) groups is 2. The first kappa shape index (κ1) is 18.1. The van der Waals surface area contributed by atoms with E-state index in [0.29, 0.717) is 16.3 Å². The van der Waals surface area contributed by atoms with Crippen molar-refractivity contribution < 1.29 is 14.3 Å². The van der Waals surface area contributed by atoms with Crippen LogP contribution in [0.5, 0.6) is 0 Å². The Labute approximate surface area is 156 Å². The number of halogens is 1. The van der Waals surface area contributed by atoms with Crippen molar-refractivity contribution in [3.05, 3.63) is 46.6 Å². The molecule has 1 N–H and O–H groups in total. The molecule has 0 unspecified atom stereocenters. The molecule has 1 aromatic carbocycles. The summed E-state index contributed by atoms with van der Waals surface area (Å²) in [6.07, 6.45) is 3.51. The minimum Gasteiger partial charge on any atom is -0.465 e. The lowest BCUT2D eigenvalue weighted by Gasteiger charge is -2.27. The first-order valence-corrected chi connectivity index (χ1v) is 8.74. The van der Waals surface area contributed by atoms with Crippen molar-refractivity contribution in [3.8, 4) is 0 Å². The van der Waals surface area contributed by atoms with Crippen LogP contribution in [0.3, 0.4) is 0 Å². The highest BCUT2D eigenvalue weighted by Crippen LogP contribution is 2.24. The number of esters is 1. The number of methoxy groups -OCH3 is 1. The van der Waals surface area contributed by atoms with Gasteiger partial charge in [-0.05, 0) is 49.6 Å². The predicted octanol–water partition coefficient (Wildman–Crippen LogP) is 3.16. The van der Waals surface area contributed by atoms with E-state index in [1.807, 2.05) is 0 Å². The van der Waals surface area contributed by atoms with E-state index in [1.165, 1.54) is 31.7 Å². The summed E-state index contributed by atoms with van der Waals surface area (Å²) in [5, 5.41) is 11.1. The molecule has 0 aliphatic carbocycles. The lowest BCUT2D eigenvalue weighted by atomic mass is 10.1. The number of carbonyl (C=O) groups excluding carboxylic acids is 2. The van der Waals surface area contributed by atoms with E-state index in [9.17, 15) is 9.59 Å². The molecule has 1 amide bonds. The number of ether oxygens (including phenoxy) is 1. The van der Waals surface area contributed by atoms with Crippen LogP contribution in [-0.2, 0) is 4.74 Å². The van der Waals surface area contributed by atoms with Gasteiger partial charge in [0.25, 0.3) is 5.91 Å². The monoisotopic (exact) mass is 374 g/mol. The first-order valence-electron chi connectivity index (χ1n) is 8.36. The predicted molar refractivity (Wildman–Crippen MR) is 98.8 cm³/mol. The van der Waals surface area contributed by atoms with Crippen molar-refractivity contribution in [2.45, 2.75) is 19.3 Å². The number of benzene rings is 1. The van der Waals surface area contributed by atoms with Gasteiger partial charge in [0.05, 0.1) is 23.4 Å². The van der Waals surface area contributed by atoms with Crippen LogP contribution < -0.4 is 10.2 Å². The highest BCUT2D eigenvalue weighted by Gasteiger charge is 2.16. The number of nitrogens with zero attached hydrogens (tertiary/aromatic N) is 3. The van der Waals surface area contributed by atoms with Gasteiger partial charge in [-0.15, -0.1) is 10.2 Å². The van der Waals surface area contributed by atoms with Crippen LogP contribution in [0, 0.1) is 0 Å². The molecular weight excluding hydrogens is 356 g/mol. The van der Waals surface area contributed by atoms with E-state index in [4.69, 9.17) is 11.6 Å². The van der Waals surface area contributed by atoms with Crippen molar-refractivity contribution in [1.29, 1.82) is 0 Å². The Balaban J connectivity index is 1.72. The van der Waals surface area contributed by atoms with Crippen LogP contribution >= 0.6 is 11.6 Å². The summed E-state index contributed by atoms with van der Waals surface area (Å²) in [7, 11) is 1.29.